The van der Waals surface area contributed by atoms with Crippen molar-refractivity contribution in [2.75, 3.05) is 37.6 Å². The number of anilines is 1. The van der Waals surface area contributed by atoms with E-state index in [9.17, 15) is 4.79 Å². The monoisotopic (exact) mass is 535 g/mol. The number of amides is 1. The van der Waals surface area contributed by atoms with Crippen molar-refractivity contribution in [3.8, 4) is 0 Å². The number of para-hydroxylation sites is 1. The van der Waals surface area contributed by atoms with Crippen molar-refractivity contribution < 1.29 is 4.79 Å². The van der Waals surface area contributed by atoms with E-state index in [0.29, 0.717) is 13.1 Å². The molecule has 2 aromatic heterocycles. The van der Waals surface area contributed by atoms with Gasteiger partial charge in [0.2, 0.25) is 5.91 Å². The van der Waals surface area contributed by atoms with Crippen LogP contribution in [0.5, 0.6) is 0 Å². The van der Waals surface area contributed by atoms with Gasteiger partial charge in [-0.3, -0.25) is 14.5 Å². The first-order valence-corrected chi connectivity index (χ1v) is 10.5. The third-order valence-corrected chi connectivity index (χ3v) is 5.40. The first kappa shape index (κ1) is 23.1. The van der Waals surface area contributed by atoms with Crippen LogP contribution in [-0.4, -0.2) is 64.3 Å². The number of aryl methyl sites for hydroxylation is 2. The molecule has 0 atom stereocenters. The number of halogens is 1. The summed E-state index contributed by atoms with van der Waals surface area (Å²) >= 11 is 0. The van der Waals surface area contributed by atoms with E-state index in [1.54, 1.807) is 15.8 Å². The van der Waals surface area contributed by atoms with E-state index in [-0.39, 0.29) is 29.9 Å². The minimum Gasteiger partial charge on any atom is -0.361 e. The van der Waals surface area contributed by atoms with E-state index >= 15 is 0 Å². The third-order valence-electron chi connectivity index (χ3n) is 5.40. The van der Waals surface area contributed by atoms with Gasteiger partial charge in [-0.1, -0.05) is 18.2 Å². The Morgan fingerprint density at radius 1 is 1.29 bits per heavy atom. The van der Waals surface area contributed by atoms with Gasteiger partial charge in [-0.15, -0.1) is 24.0 Å². The molecule has 0 unspecified atom stereocenters. The lowest BCUT2D eigenvalue weighted by Crippen LogP contribution is -2.55. The lowest BCUT2D eigenvalue weighted by atomic mass is 10.1. The van der Waals surface area contributed by atoms with E-state index in [1.807, 2.05) is 24.2 Å². The first-order valence-electron chi connectivity index (χ1n) is 10.5. The molecule has 3 heterocycles. The molecule has 0 bridgehead atoms. The SMILES string of the molecule is CCNC(=NCCCc1c[nH]c2ccccc12)N1CCN(c2cnn(C)c2)C(=O)C1.I. The Balaban J connectivity index is 0.00000272. The summed E-state index contributed by atoms with van der Waals surface area (Å²) in [5.74, 6) is 0.884. The van der Waals surface area contributed by atoms with Gasteiger partial charge in [-0.2, -0.15) is 5.10 Å². The maximum atomic E-state index is 12.7. The van der Waals surface area contributed by atoms with Crippen molar-refractivity contribution in [1.29, 1.82) is 0 Å². The molecule has 0 saturated carbocycles. The number of carbonyl (C=O) groups excluding carboxylic acids is 1. The quantitative estimate of drug-likeness (QED) is 0.220. The van der Waals surface area contributed by atoms with Crippen molar-refractivity contribution >= 4 is 52.4 Å². The van der Waals surface area contributed by atoms with E-state index in [4.69, 9.17) is 4.99 Å². The van der Waals surface area contributed by atoms with Crippen LogP contribution in [0, 0.1) is 0 Å². The number of guanidine groups is 1. The fourth-order valence-corrected chi connectivity index (χ4v) is 3.89. The lowest BCUT2D eigenvalue weighted by Gasteiger charge is -2.35. The van der Waals surface area contributed by atoms with Crippen LogP contribution in [-0.2, 0) is 18.3 Å². The van der Waals surface area contributed by atoms with Gasteiger partial charge in [-0.05, 0) is 31.4 Å². The molecule has 9 heteroatoms. The molecule has 166 valence electrons. The van der Waals surface area contributed by atoms with E-state index in [2.05, 4.69) is 46.7 Å². The largest absolute Gasteiger partial charge is 0.361 e. The highest BCUT2D eigenvalue weighted by atomic mass is 127. The van der Waals surface area contributed by atoms with Crippen molar-refractivity contribution in [1.82, 2.24) is 25.0 Å². The fraction of sp³-hybridized carbons (Fsp3) is 0.409. The number of benzene rings is 1. The standard InChI is InChI=1S/C22H29N7O.HI/c1-3-23-22(24-10-6-7-17-13-25-20-9-5-4-8-19(17)20)28-11-12-29(21(30)16-28)18-14-26-27(2)15-18;/h4-5,8-9,13-15,25H,3,6-7,10-12,16H2,1-2H3,(H,23,24);1H. The summed E-state index contributed by atoms with van der Waals surface area (Å²) < 4.78 is 1.72. The lowest BCUT2D eigenvalue weighted by molar-refractivity contribution is -0.120. The second-order valence-electron chi connectivity index (χ2n) is 7.54. The number of hydrogen-bond donors (Lipinski definition) is 2. The number of piperazine rings is 1. The van der Waals surface area contributed by atoms with Gasteiger partial charge >= 0.3 is 0 Å². The van der Waals surface area contributed by atoms with Crippen LogP contribution in [0.1, 0.15) is 18.9 Å². The zero-order valence-electron chi connectivity index (χ0n) is 18.0. The summed E-state index contributed by atoms with van der Waals surface area (Å²) in [5, 5.41) is 8.79. The topological polar surface area (TPSA) is 81.6 Å². The summed E-state index contributed by atoms with van der Waals surface area (Å²) in [6, 6.07) is 8.37. The number of rotatable bonds is 6. The number of aromatic nitrogens is 3. The van der Waals surface area contributed by atoms with Crippen LogP contribution in [0.4, 0.5) is 5.69 Å². The molecule has 1 aromatic carbocycles. The summed E-state index contributed by atoms with van der Waals surface area (Å²) in [6.45, 7) is 5.24. The highest BCUT2D eigenvalue weighted by Crippen LogP contribution is 2.19. The van der Waals surface area contributed by atoms with Gasteiger partial charge in [0.25, 0.3) is 0 Å². The van der Waals surface area contributed by atoms with Crippen molar-refractivity contribution in [3.05, 3.63) is 48.4 Å². The van der Waals surface area contributed by atoms with Crippen LogP contribution in [0.15, 0.2) is 47.8 Å². The van der Waals surface area contributed by atoms with Gasteiger partial charge < -0.3 is 20.1 Å². The summed E-state index contributed by atoms with van der Waals surface area (Å²) in [5.41, 5.74) is 3.35. The maximum Gasteiger partial charge on any atom is 0.246 e. The molecule has 1 aliphatic heterocycles. The number of nitrogens with one attached hydrogen (secondary N) is 2. The molecule has 0 spiro atoms. The Morgan fingerprint density at radius 3 is 2.87 bits per heavy atom. The maximum absolute atomic E-state index is 12.7. The number of carbonyl (C=O) groups is 1. The van der Waals surface area contributed by atoms with Crippen molar-refractivity contribution in [2.24, 2.45) is 12.0 Å². The number of H-pyrrole nitrogens is 1. The molecule has 1 fully saturated rings. The number of fused-ring (bicyclic) bond motifs is 1. The van der Waals surface area contributed by atoms with E-state index in [0.717, 1.165) is 44.1 Å². The van der Waals surface area contributed by atoms with Gasteiger partial charge in [-0.25, -0.2) is 0 Å². The molecule has 1 aliphatic rings. The highest BCUT2D eigenvalue weighted by molar-refractivity contribution is 14.0. The predicted octanol–water partition coefficient (Wildman–Crippen LogP) is 2.77. The molecule has 31 heavy (non-hydrogen) atoms. The number of aromatic amines is 1. The van der Waals surface area contributed by atoms with Gasteiger partial charge in [0.1, 0.15) is 6.54 Å². The van der Waals surface area contributed by atoms with Crippen molar-refractivity contribution in [2.45, 2.75) is 19.8 Å². The van der Waals surface area contributed by atoms with Crippen LogP contribution in [0.25, 0.3) is 10.9 Å². The third kappa shape index (κ3) is 5.38. The molecule has 2 N–H and O–H groups in total. The Kier molecular flexibility index (Phi) is 7.94. The number of nitrogens with zero attached hydrogens (tertiary/aromatic N) is 5. The van der Waals surface area contributed by atoms with Gasteiger partial charge in [0, 0.05) is 56.5 Å². The first-order chi connectivity index (χ1) is 14.7. The molecule has 0 radical (unpaired) electrons. The second kappa shape index (κ2) is 10.7. The summed E-state index contributed by atoms with van der Waals surface area (Å²) in [7, 11) is 1.86. The smallest absolute Gasteiger partial charge is 0.246 e. The Morgan fingerprint density at radius 2 is 2.13 bits per heavy atom. The molecule has 0 aliphatic carbocycles. The zero-order chi connectivity index (χ0) is 20.9. The molecule has 4 rings (SSSR count). The fourth-order valence-electron chi connectivity index (χ4n) is 3.89. The summed E-state index contributed by atoms with van der Waals surface area (Å²) in [4.78, 5) is 24.7. The molecule has 3 aromatic rings. The van der Waals surface area contributed by atoms with Crippen molar-refractivity contribution in [3.63, 3.8) is 0 Å². The van der Waals surface area contributed by atoms with Crippen LogP contribution in [0.3, 0.4) is 0 Å². The van der Waals surface area contributed by atoms with Crippen LogP contribution >= 0.6 is 24.0 Å². The summed E-state index contributed by atoms with van der Waals surface area (Å²) in [6.07, 6.45) is 7.63. The van der Waals surface area contributed by atoms with Gasteiger partial charge in [0.05, 0.1) is 11.9 Å². The van der Waals surface area contributed by atoms with Crippen LogP contribution < -0.4 is 10.2 Å². The normalized spacial score (nSPS) is 14.8. The van der Waals surface area contributed by atoms with E-state index in [1.165, 1.54) is 16.5 Å². The van der Waals surface area contributed by atoms with Gasteiger partial charge in [0.15, 0.2) is 5.96 Å². The highest BCUT2D eigenvalue weighted by Gasteiger charge is 2.27. The molecule has 1 amide bonds. The second-order valence-corrected chi connectivity index (χ2v) is 7.54. The Hall–Kier alpha value is -2.56. The average Bonchev–Trinajstić information content (AvgIpc) is 3.36. The Bertz CT molecular complexity index is 1040. The van der Waals surface area contributed by atoms with Crippen LogP contribution in [0.2, 0.25) is 0 Å². The number of aliphatic imine (C=N–C) groups is 1. The molecule has 8 nitrogen and oxygen atoms in total. The minimum atomic E-state index is 0. The average molecular weight is 535 g/mol. The minimum absolute atomic E-state index is 0. The molecular formula is C22H30IN7O. The predicted molar refractivity (Wildman–Crippen MR) is 135 cm³/mol. The van der Waals surface area contributed by atoms with E-state index < -0.39 is 0 Å². The Labute approximate surface area is 199 Å². The zero-order valence-corrected chi connectivity index (χ0v) is 20.4. The molecular weight excluding hydrogens is 505 g/mol. The number of hydrogen-bond acceptors (Lipinski definition) is 3. The molecule has 1 saturated heterocycles.